The zero-order chi connectivity index (χ0) is 17.0. The van der Waals surface area contributed by atoms with Crippen molar-refractivity contribution in [2.24, 2.45) is 0 Å². The van der Waals surface area contributed by atoms with E-state index >= 15 is 0 Å². The van der Waals surface area contributed by atoms with Crippen LogP contribution in [0.25, 0.3) is 0 Å². The lowest BCUT2D eigenvalue weighted by Gasteiger charge is -2.11. The Hall–Kier alpha value is -2.36. The van der Waals surface area contributed by atoms with E-state index in [1.54, 1.807) is 6.20 Å². The second kappa shape index (κ2) is 10.4. The number of hydrogen-bond donors (Lipinski definition) is 1. The van der Waals surface area contributed by atoms with E-state index in [1.165, 1.54) is 5.56 Å². The number of hydrogen-bond acceptors (Lipinski definition) is 3. The minimum atomic E-state index is -0.707. The third-order valence-electron chi connectivity index (χ3n) is 3.90. The van der Waals surface area contributed by atoms with Crippen molar-refractivity contribution in [2.45, 2.75) is 44.9 Å². The van der Waals surface area contributed by atoms with Crippen molar-refractivity contribution in [3.8, 4) is 5.75 Å². The third-order valence-corrected chi connectivity index (χ3v) is 3.90. The van der Waals surface area contributed by atoms with E-state index in [9.17, 15) is 4.79 Å². The van der Waals surface area contributed by atoms with Gasteiger partial charge in [-0.05, 0) is 43.0 Å². The highest BCUT2D eigenvalue weighted by Gasteiger charge is 2.04. The molecule has 0 fully saturated rings. The minimum absolute atomic E-state index is 0.271. The van der Waals surface area contributed by atoms with Gasteiger partial charge in [0.15, 0.2) is 0 Å². The molecule has 0 saturated carbocycles. The number of carboxylic acid groups (broad SMARTS) is 1. The first kappa shape index (κ1) is 18.0. The molecular formula is C20H25NO3. The van der Waals surface area contributed by atoms with Crippen LogP contribution in [0.15, 0.2) is 48.7 Å². The Morgan fingerprint density at radius 3 is 2.54 bits per heavy atom. The lowest BCUT2D eigenvalue weighted by Crippen LogP contribution is -2.04. The molecule has 2 aromatic rings. The van der Waals surface area contributed by atoms with Gasteiger partial charge >= 0.3 is 5.97 Å². The number of ether oxygens (including phenoxy) is 1. The minimum Gasteiger partial charge on any atom is -0.493 e. The van der Waals surface area contributed by atoms with Gasteiger partial charge in [0.25, 0.3) is 0 Å². The van der Waals surface area contributed by atoms with Crippen LogP contribution < -0.4 is 4.74 Å². The largest absolute Gasteiger partial charge is 0.493 e. The van der Waals surface area contributed by atoms with Gasteiger partial charge in [-0.2, -0.15) is 0 Å². The van der Waals surface area contributed by atoms with Crippen molar-refractivity contribution in [1.29, 1.82) is 0 Å². The van der Waals surface area contributed by atoms with Gasteiger partial charge in [0, 0.05) is 24.7 Å². The fourth-order valence-corrected chi connectivity index (χ4v) is 2.61. The maximum absolute atomic E-state index is 10.5. The van der Waals surface area contributed by atoms with Gasteiger partial charge in [-0.15, -0.1) is 0 Å². The molecular weight excluding hydrogens is 302 g/mol. The number of aryl methyl sites for hydroxylation is 1. The smallest absolute Gasteiger partial charge is 0.303 e. The number of aromatic nitrogens is 1. The molecule has 0 amide bonds. The summed E-state index contributed by atoms with van der Waals surface area (Å²) in [6.07, 6.45) is 7.67. The monoisotopic (exact) mass is 327 g/mol. The summed E-state index contributed by atoms with van der Waals surface area (Å²) in [6.45, 7) is 0.618. The summed E-state index contributed by atoms with van der Waals surface area (Å²) >= 11 is 0. The maximum Gasteiger partial charge on any atom is 0.303 e. The molecule has 0 unspecified atom stereocenters. The van der Waals surface area contributed by atoms with Crippen LogP contribution in [0.4, 0.5) is 0 Å². The van der Waals surface area contributed by atoms with Crippen molar-refractivity contribution in [3.05, 3.63) is 59.9 Å². The first-order chi connectivity index (χ1) is 11.8. The lowest BCUT2D eigenvalue weighted by molar-refractivity contribution is -0.137. The molecule has 4 nitrogen and oxygen atoms in total. The van der Waals surface area contributed by atoms with Crippen molar-refractivity contribution in [3.63, 3.8) is 0 Å². The van der Waals surface area contributed by atoms with Crippen LogP contribution in [-0.4, -0.2) is 22.7 Å². The summed E-state index contributed by atoms with van der Waals surface area (Å²) in [6, 6.07) is 14.0. The number of para-hydroxylation sites is 1. The van der Waals surface area contributed by atoms with E-state index in [0.29, 0.717) is 6.61 Å². The molecule has 0 aliphatic rings. The highest BCUT2D eigenvalue weighted by Crippen LogP contribution is 2.21. The molecule has 1 aromatic carbocycles. The van der Waals surface area contributed by atoms with Crippen molar-refractivity contribution in [2.75, 3.05) is 6.61 Å². The number of nitrogens with zero attached hydrogens (tertiary/aromatic N) is 1. The average molecular weight is 327 g/mol. The standard InChI is InChI=1S/C20H25NO3/c22-20(23)13-4-2-1-3-9-17-10-5-6-12-19(17)24-16-14-18-11-7-8-15-21-18/h5-8,10-12,15H,1-4,9,13-14,16H2,(H,22,23). The molecule has 1 aromatic heterocycles. The van der Waals surface area contributed by atoms with Gasteiger partial charge in [0.1, 0.15) is 5.75 Å². The van der Waals surface area contributed by atoms with Gasteiger partial charge in [0.05, 0.1) is 6.61 Å². The first-order valence-electron chi connectivity index (χ1n) is 8.58. The quantitative estimate of drug-likeness (QED) is 0.626. The Morgan fingerprint density at radius 2 is 1.75 bits per heavy atom. The molecule has 0 saturated heterocycles. The van der Waals surface area contributed by atoms with E-state index in [1.807, 2.05) is 36.4 Å². The number of pyridine rings is 1. The van der Waals surface area contributed by atoms with E-state index in [0.717, 1.165) is 50.0 Å². The number of carbonyl (C=O) groups is 1. The molecule has 0 aliphatic carbocycles. The van der Waals surface area contributed by atoms with Crippen LogP contribution in [-0.2, 0) is 17.6 Å². The van der Waals surface area contributed by atoms with Crippen LogP contribution >= 0.6 is 0 Å². The number of carboxylic acids is 1. The molecule has 0 bridgehead atoms. The Kier molecular flexibility index (Phi) is 7.81. The second-order valence-corrected chi connectivity index (χ2v) is 5.84. The molecule has 24 heavy (non-hydrogen) atoms. The molecule has 4 heteroatoms. The van der Waals surface area contributed by atoms with Crippen molar-refractivity contribution >= 4 is 5.97 Å². The van der Waals surface area contributed by atoms with Crippen LogP contribution in [0.2, 0.25) is 0 Å². The van der Waals surface area contributed by atoms with E-state index < -0.39 is 5.97 Å². The Balaban J connectivity index is 1.72. The SMILES string of the molecule is O=C(O)CCCCCCc1ccccc1OCCc1ccccn1. The van der Waals surface area contributed by atoms with Gasteiger partial charge < -0.3 is 9.84 Å². The van der Waals surface area contributed by atoms with Crippen LogP contribution in [0.1, 0.15) is 43.4 Å². The topological polar surface area (TPSA) is 59.4 Å². The summed E-state index contributed by atoms with van der Waals surface area (Å²) in [7, 11) is 0. The third kappa shape index (κ3) is 6.82. The van der Waals surface area contributed by atoms with E-state index in [4.69, 9.17) is 9.84 Å². The molecule has 0 radical (unpaired) electrons. The van der Waals surface area contributed by atoms with Gasteiger partial charge in [-0.3, -0.25) is 9.78 Å². The van der Waals surface area contributed by atoms with Crippen LogP contribution in [0.5, 0.6) is 5.75 Å². The van der Waals surface area contributed by atoms with Gasteiger partial charge in [-0.25, -0.2) is 0 Å². The Morgan fingerprint density at radius 1 is 0.958 bits per heavy atom. The average Bonchev–Trinajstić information content (AvgIpc) is 2.60. The summed E-state index contributed by atoms with van der Waals surface area (Å²) in [5.41, 5.74) is 2.25. The number of rotatable bonds is 11. The predicted octanol–water partition coefficient (Wildman–Crippen LogP) is 4.28. The Labute approximate surface area is 143 Å². The van der Waals surface area contributed by atoms with Crippen molar-refractivity contribution in [1.82, 2.24) is 4.98 Å². The molecule has 2 rings (SSSR count). The highest BCUT2D eigenvalue weighted by molar-refractivity contribution is 5.66. The molecule has 0 atom stereocenters. The summed E-state index contributed by atoms with van der Waals surface area (Å²) in [4.78, 5) is 14.8. The lowest BCUT2D eigenvalue weighted by atomic mass is 10.0. The number of benzene rings is 1. The number of aliphatic carboxylic acids is 1. The normalized spacial score (nSPS) is 10.5. The van der Waals surface area contributed by atoms with Crippen LogP contribution in [0, 0.1) is 0 Å². The molecule has 0 aliphatic heterocycles. The van der Waals surface area contributed by atoms with Gasteiger partial charge in [-0.1, -0.05) is 37.1 Å². The fourth-order valence-electron chi connectivity index (χ4n) is 2.61. The van der Waals surface area contributed by atoms with Crippen molar-refractivity contribution < 1.29 is 14.6 Å². The van der Waals surface area contributed by atoms with E-state index in [-0.39, 0.29) is 6.42 Å². The summed E-state index contributed by atoms with van der Waals surface area (Å²) < 4.78 is 5.93. The molecule has 0 spiro atoms. The Bertz CT molecular complexity index is 613. The summed E-state index contributed by atoms with van der Waals surface area (Å²) in [5.74, 6) is 0.237. The van der Waals surface area contributed by atoms with Gasteiger partial charge in [0.2, 0.25) is 0 Å². The second-order valence-electron chi connectivity index (χ2n) is 5.84. The predicted molar refractivity (Wildman–Crippen MR) is 94.3 cm³/mol. The molecule has 1 heterocycles. The fraction of sp³-hybridized carbons (Fsp3) is 0.400. The zero-order valence-corrected chi connectivity index (χ0v) is 14.0. The van der Waals surface area contributed by atoms with E-state index in [2.05, 4.69) is 11.1 Å². The summed E-state index contributed by atoms with van der Waals surface area (Å²) in [5, 5.41) is 8.63. The highest BCUT2D eigenvalue weighted by atomic mass is 16.5. The molecule has 1 N–H and O–H groups in total. The molecule has 128 valence electrons. The maximum atomic E-state index is 10.5. The first-order valence-corrected chi connectivity index (χ1v) is 8.58. The van der Waals surface area contributed by atoms with Crippen LogP contribution in [0.3, 0.4) is 0 Å². The number of unbranched alkanes of at least 4 members (excludes halogenated alkanes) is 3. The zero-order valence-electron chi connectivity index (χ0n) is 14.0.